The number of nitrogens with zero attached hydrogens (tertiary/aromatic N) is 4. The highest BCUT2D eigenvalue weighted by Crippen LogP contribution is 2.26. The number of aryl methyl sites for hydroxylation is 2. The molecule has 1 atom stereocenters. The molecule has 1 aliphatic rings. The van der Waals surface area contributed by atoms with Crippen LogP contribution in [0.5, 0.6) is 0 Å². The van der Waals surface area contributed by atoms with Crippen LogP contribution in [0.1, 0.15) is 143 Å². The first-order valence-electron chi connectivity index (χ1n) is 19.2. The zero-order valence-electron chi connectivity index (χ0n) is 32.7. The molecule has 0 aliphatic carbocycles. The Hall–Kier alpha value is -2.72. The van der Waals surface area contributed by atoms with Gasteiger partial charge in [-0.05, 0) is 124 Å². The first-order valence-corrected chi connectivity index (χ1v) is 19.2. The molecular weight excluding hydrogens is 573 g/mol. The maximum Gasteiger partial charge on any atom is 0.129 e. The Bertz CT molecular complexity index is 1260. The van der Waals surface area contributed by atoms with Crippen LogP contribution >= 0.6 is 0 Å². The number of piperidine rings is 1. The molecule has 1 aromatic carbocycles. The number of hydrogen-bond donors (Lipinski definition) is 0. The smallest absolute Gasteiger partial charge is 0.129 e. The third-order valence-corrected chi connectivity index (χ3v) is 9.29. The zero-order chi connectivity index (χ0) is 35.2. The maximum absolute atomic E-state index is 4.70. The topological polar surface area (TPSA) is 32.3 Å². The minimum absolute atomic E-state index is 0.499. The van der Waals surface area contributed by atoms with Crippen molar-refractivity contribution in [1.29, 1.82) is 0 Å². The molecule has 3 aromatic rings. The summed E-state index contributed by atoms with van der Waals surface area (Å²) in [7, 11) is 0. The molecule has 3 heterocycles. The molecule has 0 bridgehead atoms. The number of fused-ring (bicyclic) bond motifs is 1. The molecule has 1 saturated heterocycles. The van der Waals surface area contributed by atoms with E-state index in [1.54, 1.807) is 0 Å². The van der Waals surface area contributed by atoms with E-state index in [-0.39, 0.29) is 0 Å². The van der Waals surface area contributed by atoms with Gasteiger partial charge in [0.05, 0.1) is 0 Å². The Labute approximate surface area is 291 Å². The Morgan fingerprint density at radius 2 is 1.62 bits per heavy atom. The van der Waals surface area contributed by atoms with E-state index in [9.17, 15) is 0 Å². The van der Waals surface area contributed by atoms with Crippen molar-refractivity contribution in [2.75, 3.05) is 37.6 Å². The van der Waals surface area contributed by atoms with Crippen LogP contribution in [-0.4, -0.2) is 47.6 Å². The van der Waals surface area contributed by atoms with Crippen molar-refractivity contribution < 1.29 is 0 Å². The maximum atomic E-state index is 4.70. The fourth-order valence-corrected chi connectivity index (χ4v) is 6.01. The largest absolute Gasteiger partial charge is 0.357 e. The van der Waals surface area contributed by atoms with Gasteiger partial charge in [-0.25, -0.2) is 4.98 Å². The number of pyridine rings is 2. The molecule has 0 spiro atoms. The van der Waals surface area contributed by atoms with E-state index in [1.807, 2.05) is 40.1 Å². The highest BCUT2D eigenvalue weighted by molar-refractivity contribution is 5.85. The summed E-state index contributed by atoms with van der Waals surface area (Å²) in [5.74, 6) is 3.38. The highest BCUT2D eigenvalue weighted by atomic mass is 15.2. The number of allylic oxidation sites excluding steroid dienone is 1. The molecule has 4 heteroatoms. The summed E-state index contributed by atoms with van der Waals surface area (Å²) in [6.45, 7) is 31.9. The van der Waals surface area contributed by atoms with Crippen molar-refractivity contribution in [3.05, 3.63) is 71.2 Å². The van der Waals surface area contributed by atoms with Crippen molar-refractivity contribution in [3.8, 4) is 0 Å². The Kier molecular flexibility index (Phi) is 22.0. The fourth-order valence-electron chi connectivity index (χ4n) is 6.01. The molecule has 1 fully saturated rings. The lowest BCUT2D eigenvalue weighted by Crippen LogP contribution is -2.36. The fraction of sp³-hybridized carbons (Fsp3) is 0.628. The minimum Gasteiger partial charge on any atom is -0.357 e. The normalized spacial score (nSPS) is 14.0. The molecule has 0 saturated carbocycles. The highest BCUT2D eigenvalue weighted by Gasteiger charge is 2.21. The lowest BCUT2D eigenvalue weighted by atomic mass is 9.93. The molecule has 1 aliphatic heterocycles. The van der Waals surface area contributed by atoms with Gasteiger partial charge in [0.25, 0.3) is 0 Å². The van der Waals surface area contributed by atoms with Gasteiger partial charge in [0.2, 0.25) is 0 Å². The van der Waals surface area contributed by atoms with E-state index in [0.29, 0.717) is 5.92 Å². The lowest BCUT2D eigenvalue weighted by Gasteiger charge is -2.34. The van der Waals surface area contributed by atoms with Crippen LogP contribution in [0.2, 0.25) is 0 Å². The summed E-state index contributed by atoms with van der Waals surface area (Å²) in [6, 6.07) is 10.9. The van der Waals surface area contributed by atoms with Gasteiger partial charge in [-0.1, -0.05) is 106 Å². The standard InChI is InChI=1S/C25H43N3.C14H17N.2C2H6/c1-6-9-24-19-25(26-20-22(24)5)28-17-12-23(13-18-28)11-16-27(14-7-2)15-10-21(4)8-3;1-4-11-6-5-7-12-9-15-14(10(2)3)8-13(11)12;2*1-2/h6,9,19-21,23H,7-8,10-18H2,1-5H3;5-10H,4H2,1-3H3;2*1-2H3/b9-6-;;;. The molecular formula is C43H72N4. The molecule has 4 rings (SSSR count). The second-order valence-electron chi connectivity index (χ2n) is 13.0. The van der Waals surface area contributed by atoms with Crippen molar-refractivity contribution in [3.63, 3.8) is 0 Å². The van der Waals surface area contributed by atoms with Crippen molar-refractivity contribution in [2.24, 2.45) is 11.8 Å². The number of benzene rings is 1. The predicted molar refractivity (Wildman–Crippen MR) is 212 cm³/mol. The van der Waals surface area contributed by atoms with Gasteiger partial charge in [-0.2, -0.15) is 0 Å². The van der Waals surface area contributed by atoms with E-state index < -0.39 is 0 Å². The molecule has 0 N–H and O–H groups in total. The van der Waals surface area contributed by atoms with Crippen LogP contribution in [0.25, 0.3) is 16.8 Å². The van der Waals surface area contributed by atoms with Gasteiger partial charge in [-0.3, -0.25) is 4.98 Å². The average molecular weight is 645 g/mol. The molecule has 2 aromatic heterocycles. The van der Waals surface area contributed by atoms with Gasteiger partial charge < -0.3 is 9.80 Å². The van der Waals surface area contributed by atoms with E-state index in [0.717, 1.165) is 37.2 Å². The molecule has 264 valence electrons. The SMILES string of the molecule is C/C=C\c1cc(N2CCC(CCN(CCC)CCC(C)CC)CC2)ncc1C.CC.CC.CCc1cccc2cnc(C(C)C)cc12. The van der Waals surface area contributed by atoms with E-state index in [2.05, 4.69) is 113 Å². The molecule has 47 heavy (non-hydrogen) atoms. The van der Waals surface area contributed by atoms with E-state index >= 15 is 0 Å². The Morgan fingerprint density at radius 1 is 0.915 bits per heavy atom. The lowest BCUT2D eigenvalue weighted by molar-refractivity contribution is 0.225. The summed E-state index contributed by atoms with van der Waals surface area (Å²) in [6.07, 6.45) is 17.3. The van der Waals surface area contributed by atoms with Crippen LogP contribution in [0, 0.1) is 18.8 Å². The summed E-state index contributed by atoms with van der Waals surface area (Å²) in [4.78, 5) is 14.4. The van der Waals surface area contributed by atoms with Gasteiger partial charge >= 0.3 is 0 Å². The Balaban J connectivity index is 0.000000487. The van der Waals surface area contributed by atoms with Crippen LogP contribution in [0.3, 0.4) is 0 Å². The summed E-state index contributed by atoms with van der Waals surface area (Å²) >= 11 is 0. The minimum atomic E-state index is 0.499. The molecule has 1 unspecified atom stereocenters. The Morgan fingerprint density at radius 3 is 2.21 bits per heavy atom. The third kappa shape index (κ3) is 14.5. The summed E-state index contributed by atoms with van der Waals surface area (Å²) < 4.78 is 0. The third-order valence-electron chi connectivity index (χ3n) is 9.29. The van der Waals surface area contributed by atoms with Crippen LogP contribution in [0.4, 0.5) is 5.82 Å². The van der Waals surface area contributed by atoms with Gasteiger partial charge in [0.1, 0.15) is 5.82 Å². The second-order valence-corrected chi connectivity index (χ2v) is 13.0. The number of anilines is 1. The quantitative estimate of drug-likeness (QED) is 0.185. The summed E-state index contributed by atoms with van der Waals surface area (Å²) in [5.41, 5.74) is 5.15. The summed E-state index contributed by atoms with van der Waals surface area (Å²) in [5, 5.41) is 2.61. The first-order chi connectivity index (χ1) is 22.8. The second kappa shape index (κ2) is 24.4. The predicted octanol–water partition coefficient (Wildman–Crippen LogP) is 12.2. The van der Waals surface area contributed by atoms with E-state index in [4.69, 9.17) is 4.98 Å². The number of rotatable bonds is 13. The van der Waals surface area contributed by atoms with Crippen LogP contribution < -0.4 is 4.90 Å². The van der Waals surface area contributed by atoms with Gasteiger partial charge in [0, 0.05) is 36.6 Å². The van der Waals surface area contributed by atoms with Crippen LogP contribution in [0.15, 0.2) is 48.8 Å². The van der Waals surface area contributed by atoms with Crippen molar-refractivity contribution >= 4 is 22.7 Å². The van der Waals surface area contributed by atoms with Crippen molar-refractivity contribution in [1.82, 2.24) is 14.9 Å². The molecule has 0 radical (unpaired) electrons. The van der Waals surface area contributed by atoms with Crippen LogP contribution in [-0.2, 0) is 6.42 Å². The van der Waals surface area contributed by atoms with Gasteiger partial charge in [-0.15, -0.1) is 0 Å². The molecule has 0 amide bonds. The van der Waals surface area contributed by atoms with Crippen molar-refractivity contribution in [2.45, 2.75) is 134 Å². The number of hydrogen-bond acceptors (Lipinski definition) is 4. The zero-order valence-corrected chi connectivity index (χ0v) is 32.7. The average Bonchev–Trinajstić information content (AvgIpc) is 3.12. The van der Waals surface area contributed by atoms with E-state index in [1.165, 1.54) is 91.3 Å². The molecule has 4 nitrogen and oxygen atoms in total. The number of aromatic nitrogens is 2. The monoisotopic (exact) mass is 645 g/mol. The first kappa shape index (κ1) is 42.3. The van der Waals surface area contributed by atoms with Gasteiger partial charge in [0.15, 0.2) is 0 Å².